The largest absolute Gasteiger partial charge is 0.206 e. The molecule has 4 rings (SSSR count). The lowest BCUT2D eigenvalue weighted by molar-refractivity contribution is 0.428. The van der Waals surface area contributed by atoms with Gasteiger partial charge in [0.05, 0.1) is 0 Å². The van der Waals surface area contributed by atoms with Crippen molar-refractivity contribution in [3.05, 3.63) is 89.3 Å². The van der Waals surface area contributed by atoms with E-state index in [2.05, 4.69) is 19.9 Å². The lowest BCUT2D eigenvalue weighted by atomic mass is 9.83. The molecule has 0 saturated heterocycles. The molecule has 0 radical (unpaired) electrons. The molecule has 1 unspecified atom stereocenters. The van der Waals surface area contributed by atoms with Gasteiger partial charge in [0.25, 0.3) is 0 Å². The highest BCUT2D eigenvalue weighted by atomic mass is 19.2. The molecule has 0 saturated carbocycles. The van der Waals surface area contributed by atoms with Crippen LogP contribution in [0.4, 0.5) is 13.2 Å². The predicted molar refractivity (Wildman–Crippen MR) is 168 cm³/mol. The van der Waals surface area contributed by atoms with E-state index in [1.807, 2.05) is 12.1 Å². The number of benzene rings is 3. The average molecular weight is 561 g/mol. The van der Waals surface area contributed by atoms with Gasteiger partial charge in [-0.1, -0.05) is 133 Å². The predicted octanol–water partition coefficient (Wildman–Crippen LogP) is 12.5. The first kappa shape index (κ1) is 31.1. The summed E-state index contributed by atoms with van der Waals surface area (Å²) in [5, 5.41) is 0. The van der Waals surface area contributed by atoms with Crippen molar-refractivity contribution in [3.8, 4) is 22.3 Å². The molecule has 3 heteroatoms. The first-order chi connectivity index (χ1) is 20.0. The van der Waals surface area contributed by atoms with Gasteiger partial charge in [-0.3, -0.25) is 0 Å². The van der Waals surface area contributed by atoms with Crippen molar-refractivity contribution in [2.24, 2.45) is 5.92 Å². The van der Waals surface area contributed by atoms with Crippen LogP contribution in [-0.2, 0) is 6.42 Å². The fourth-order valence-corrected chi connectivity index (χ4v) is 6.15. The van der Waals surface area contributed by atoms with Gasteiger partial charge in [-0.25, -0.2) is 13.2 Å². The molecule has 1 aliphatic carbocycles. The van der Waals surface area contributed by atoms with Crippen LogP contribution < -0.4 is 0 Å². The number of allylic oxidation sites excluding steroid dienone is 2. The fraction of sp³-hybridized carbons (Fsp3) is 0.474. The lowest BCUT2D eigenvalue weighted by Gasteiger charge is -2.22. The van der Waals surface area contributed by atoms with Gasteiger partial charge in [-0.2, -0.15) is 0 Å². The van der Waals surface area contributed by atoms with Gasteiger partial charge < -0.3 is 0 Å². The zero-order valence-corrected chi connectivity index (χ0v) is 25.1. The van der Waals surface area contributed by atoms with Gasteiger partial charge in [0.15, 0.2) is 11.6 Å². The number of hydrogen-bond acceptors (Lipinski definition) is 0. The Morgan fingerprint density at radius 3 is 1.90 bits per heavy atom. The van der Waals surface area contributed by atoms with Gasteiger partial charge in [-0.15, -0.1) is 0 Å². The highest BCUT2D eigenvalue weighted by Gasteiger charge is 2.18. The van der Waals surface area contributed by atoms with Crippen molar-refractivity contribution < 1.29 is 13.2 Å². The zero-order valence-electron chi connectivity index (χ0n) is 25.1. The van der Waals surface area contributed by atoms with E-state index in [9.17, 15) is 4.39 Å². The molecule has 3 aromatic carbocycles. The number of hydrogen-bond donors (Lipinski definition) is 0. The summed E-state index contributed by atoms with van der Waals surface area (Å²) in [6.07, 6.45) is 19.3. The van der Waals surface area contributed by atoms with Gasteiger partial charge in [0.1, 0.15) is 5.82 Å². The number of rotatable bonds is 15. The first-order valence-corrected chi connectivity index (χ1v) is 16.1. The molecule has 3 aromatic rings. The molecule has 0 nitrogen and oxygen atoms in total. The summed E-state index contributed by atoms with van der Waals surface area (Å²) < 4.78 is 45.1. The van der Waals surface area contributed by atoms with Gasteiger partial charge in [-0.05, 0) is 71.9 Å². The highest BCUT2D eigenvalue weighted by Crippen LogP contribution is 2.35. The minimum absolute atomic E-state index is 0.241. The molecule has 41 heavy (non-hydrogen) atoms. The Morgan fingerprint density at radius 1 is 0.634 bits per heavy atom. The van der Waals surface area contributed by atoms with E-state index in [1.165, 1.54) is 63.4 Å². The summed E-state index contributed by atoms with van der Waals surface area (Å²) in [4.78, 5) is 0. The summed E-state index contributed by atoms with van der Waals surface area (Å²) in [5.74, 6) is -1.05. The van der Waals surface area contributed by atoms with E-state index >= 15 is 8.78 Å². The maximum absolute atomic E-state index is 15.2. The van der Waals surface area contributed by atoms with Crippen molar-refractivity contribution in [3.63, 3.8) is 0 Å². The van der Waals surface area contributed by atoms with Crippen LogP contribution in [0, 0.1) is 23.4 Å². The monoisotopic (exact) mass is 560 g/mol. The molecule has 0 heterocycles. The Morgan fingerprint density at radius 2 is 1.24 bits per heavy atom. The average Bonchev–Trinajstić information content (AvgIpc) is 2.99. The van der Waals surface area contributed by atoms with E-state index in [0.29, 0.717) is 23.1 Å². The summed E-state index contributed by atoms with van der Waals surface area (Å²) in [6, 6.07) is 16.0. The van der Waals surface area contributed by atoms with E-state index in [0.717, 1.165) is 49.1 Å². The maximum atomic E-state index is 15.2. The molecular weight excluding hydrogens is 513 g/mol. The SMILES string of the molecule is CCCCCCCCCc1ccc(-c2ccc(-c3ccc(C4=CCC(CCCCC)CC4)cc3F)cc2)c(F)c1F. The second kappa shape index (κ2) is 16.0. The van der Waals surface area contributed by atoms with Gasteiger partial charge in [0.2, 0.25) is 0 Å². The third-order valence-corrected chi connectivity index (χ3v) is 8.79. The molecule has 0 fully saturated rings. The molecule has 0 aromatic heterocycles. The van der Waals surface area contributed by atoms with E-state index in [1.54, 1.807) is 42.5 Å². The molecule has 1 atom stereocenters. The third-order valence-electron chi connectivity index (χ3n) is 8.79. The summed E-state index contributed by atoms with van der Waals surface area (Å²) in [5.41, 5.74) is 4.72. The number of unbranched alkanes of at least 4 members (excludes halogenated alkanes) is 8. The van der Waals surface area contributed by atoms with Crippen molar-refractivity contribution >= 4 is 5.57 Å². The van der Waals surface area contributed by atoms with Crippen LogP contribution in [0.2, 0.25) is 0 Å². The topological polar surface area (TPSA) is 0 Å². The summed E-state index contributed by atoms with van der Waals surface area (Å²) in [6.45, 7) is 4.44. The summed E-state index contributed by atoms with van der Waals surface area (Å²) >= 11 is 0. The molecule has 0 bridgehead atoms. The molecule has 1 aliphatic rings. The van der Waals surface area contributed by atoms with E-state index in [4.69, 9.17) is 0 Å². The lowest BCUT2D eigenvalue weighted by Crippen LogP contribution is -2.05. The van der Waals surface area contributed by atoms with Crippen molar-refractivity contribution in [1.82, 2.24) is 0 Å². The van der Waals surface area contributed by atoms with Gasteiger partial charge >= 0.3 is 0 Å². The molecule has 220 valence electrons. The Hall–Kier alpha value is -2.81. The van der Waals surface area contributed by atoms with E-state index < -0.39 is 11.6 Å². The minimum atomic E-state index is -0.804. The molecular formula is C38H47F3. The Kier molecular flexibility index (Phi) is 12.1. The van der Waals surface area contributed by atoms with Crippen LogP contribution in [0.25, 0.3) is 27.8 Å². The standard InChI is InChI=1S/C38H47F3/c1-3-5-7-8-9-10-12-14-32-23-26-35(38(41)37(32)40)31-21-19-30(20-22-31)34-25-24-33(27-36(34)39)29-17-15-28(16-18-29)13-11-6-4-2/h17,19-28H,3-16,18H2,1-2H3. The van der Waals surface area contributed by atoms with Crippen molar-refractivity contribution in [2.75, 3.05) is 0 Å². The first-order valence-electron chi connectivity index (χ1n) is 16.1. The zero-order chi connectivity index (χ0) is 29.0. The highest BCUT2D eigenvalue weighted by molar-refractivity contribution is 5.74. The second-order valence-corrected chi connectivity index (χ2v) is 11.9. The summed E-state index contributed by atoms with van der Waals surface area (Å²) in [7, 11) is 0. The molecule has 0 spiro atoms. The minimum Gasteiger partial charge on any atom is -0.206 e. The second-order valence-electron chi connectivity index (χ2n) is 11.9. The van der Waals surface area contributed by atoms with Crippen LogP contribution in [0.15, 0.2) is 60.7 Å². The van der Waals surface area contributed by atoms with Crippen LogP contribution >= 0.6 is 0 Å². The van der Waals surface area contributed by atoms with Crippen LogP contribution in [0.1, 0.15) is 115 Å². The van der Waals surface area contributed by atoms with Crippen LogP contribution in [-0.4, -0.2) is 0 Å². The maximum Gasteiger partial charge on any atom is 0.166 e. The van der Waals surface area contributed by atoms with Crippen molar-refractivity contribution in [2.45, 2.75) is 110 Å². The fourth-order valence-electron chi connectivity index (χ4n) is 6.15. The third kappa shape index (κ3) is 8.60. The van der Waals surface area contributed by atoms with Gasteiger partial charge in [0, 0.05) is 11.1 Å². The van der Waals surface area contributed by atoms with Crippen LogP contribution in [0.5, 0.6) is 0 Å². The molecule has 0 N–H and O–H groups in total. The Labute approximate surface area is 246 Å². The Bertz CT molecular complexity index is 1270. The normalized spacial score (nSPS) is 15.2. The van der Waals surface area contributed by atoms with E-state index in [-0.39, 0.29) is 11.4 Å². The molecule has 0 aliphatic heterocycles. The quantitative estimate of drug-likeness (QED) is 0.162. The molecule has 0 amide bonds. The number of aryl methyl sites for hydroxylation is 1. The van der Waals surface area contributed by atoms with Crippen LogP contribution in [0.3, 0.4) is 0 Å². The number of halogens is 3. The Balaban J connectivity index is 1.37. The smallest absolute Gasteiger partial charge is 0.166 e. The van der Waals surface area contributed by atoms with Crippen molar-refractivity contribution in [1.29, 1.82) is 0 Å².